The van der Waals surface area contributed by atoms with E-state index in [1.807, 2.05) is 45.0 Å². The van der Waals surface area contributed by atoms with Crippen LogP contribution in [0.25, 0.3) is 0 Å². The fourth-order valence-electron chi connectivity index (χ4n) is 3.90. The highest BCUT2D eigenvalue weighted by Crippen LogP contribution is 2.33. The van der Waals surface area contributed by atoms with Gasteiger partial charge in [0.05, 0.1) is 15.6 Å². The van der Waals surface area contributed by atoms with Crippen molar-refractivity contribution in [2.45, 2.75) is 51.6 Å². The predicted octanol–water partition coefficient (Wildman–Crippen LogP) is 5.75. The zero-order chi connectivity index (χ0) is 28.7. The van der Waals surface area contributed by atoms with E-state index in [9.17, 15) is 18.0 Å². The predicted molar refractivity (Wildman–Crippen MR) is 157 cm³/mol. The summed E-state index contributed by atoms with van der Waals surface area (Å²) in [6.45, 7) is 7.34. The summed E-state index contributed by atoms with van der Waals surface area (Å²) in [5.74, 6) is -0.896. The lowest BCUT2D eigenvalue weighted by molar-refractivity contribution is -0.139. The summed E-state index contributed by atoms with van der Waals surface area (Å²) in [6.07, 6.45) is 0.736. The molecule has 3 aromatic carbocycles. The van der Waals surface area contributed by atoms with Gasteiger partial charge in [-0.05, 0) is 63.1 Å². The van der Waals surface area contributed by atoms with Gasteiger partial charge in [0, 0.05) is 18.1 Å². The topological polar surface area (TPSA) is 86.8 Å². The number of hydrogen-bond acceptors (Lipinski definition) is 4. The van der Waals surface area contributed by atoms with Crippen molar-refractivity contribution in [3.63, 3.8) is 0 Å². The molecule has 3 rings (SSSR count). The van der Waals surface area contributed by atoms with Gasteiger partial charge in [-0.15, -0.1) is 0 Å². The zero-order valence-corrected chi connectivity index (χ0v) is 24.8. The number of nitrogens with zero attached hydrogens (tertiary/aromatic N) is 2. The number of sulfonamides is 1. The van der Waals surface area contributed by atoms with E-state index in [1.165, 1.54) is 35.2 Å². The summed E-state index contributed by atoms with van der Waals surface area (Å²) in [5.41, 5.74) is 2.80. The molecule has 0 spiro atoms. The highest BCUT2D eigenvalue weighted by Gasteiger charge is 2.33. The Kier molecular flexibility index (Phi) is 10.4. The summed E-state index contributed by atoms with van der Waals surface area (Å²) < 4.78 is 28.7. The van der Waals surface area contributed by atoms with Gasteiger partial charge in [0.1, 0.15) is 12.6 Å². The lowest BCUT2D eigenvalue weighted by Gasteiger charge is -2.32. The van der Waals surface area contributed by atoms with Gasteiger partial charge in [-0.1, -0.05) is 77.7 Å². The first-order chi connectivity index (χ1) is 18.4. The quantitative estimate of drug-likeness (QED) is 0.308. The van der Waals surface area contributed by atoms with Crippen molar-refractivity contribution in [1.29, 1.82) is 0 Å². The molecule has 0 aliphatic carbocycles. The molecule has 2 amide bonds. The Morgan fingerprint density at radius 2 is 1.51 bits per heavy atom. The van der Waals surface area contributed by atoms with Gasteiger partial charge in [0.25, 0.3) is 10.0 Å². The van der Waals surface area contributed by atoms with Gasteiger partial charge in [-0.2, -0.15) is 0 Å². The highest BCUT2D eigenvalue weighted by atomic mass is 35.5. The summed E-state index contributed by atoms with van der Waals surface area (Å²) in [5, 5.41) is 3.19. The maximum absolute atomic E-state index is 13.9. The van der Waals surface area contributed by atoms with E-state index in [4.69, 9.17) is 23.2 Å². The highest BCUT2D eigenvalue weighted by molar-refractivity contribution is 7.92. The summed E-state index contributed by atoms with van der Waals surface area (Å²) in [6, 6.07) is 17.5. The van der Waals surface area contributed by atoms with Crippen LogP contribution < -0.4 is 9.62 Å². The standard InChI is InChI=1S/C29H33Cl2N3O4S/c1-5-16-32-29(36)22(4)33(18-23-10-6-20(2)7-11-23)28(35)19-34(27-17-24(30)12-15-26(27)31)39(37,38)25-13-8-21(3)9-14-25/h6-15,17,22H,5,16,18-19H2,1-4H3,(H,32,36)/t22-/m0/s1. The molecule has 0 bridgehead atoms. The van der Waals surface area contributed by atoms with Crippen LogP contribution in [0.4, 0.5) is 5.69 Å². The van der Waals surface area contributed by atoms with Crippen molar-refractivity contribution in [2.24, 2.45) is 0 Å². The molecule has 0 unspecified atom stereocenters. The fourth-order valence-corrected chi connectivity index (χ4v) is 5.76. The fraction of sp³-hybridized carbons (Fsp3) is 0.310. The summed E-state index contributed by atoms with van der Waals surface area (Å²) in [7, 11) is -4.24. The van der Waals surface area contributed by atoms with Gasteiger partial charge < -0.3 is 10.2 Å². The van der Waals surface area contributed by atoms with Crippen LogP contribution in [0.2, 0.25) is 10.0 Å². The van der Waals surface area contributed by atoms with E-state index in [0.29, 0.717) is 6.54 Å². The Hall–Kier alpha value is -3.07. The molecule has 0 radical (unpaired) electrons. The normalized spacial score (nSPS) is 12.1. The second kappa shape index (κ2) is 13.3. The van der Waals surface area contributed by atoms with Crippen LogP contribution in [-0.2, 0) is 26.2 Å². The number of aryl methyl sites for hydroxylation is 2. The van der Waals surface area contributed by atoms with Crippen molar-refractivity contribution in [2.75, 3.05) is 17.4 Å². The minimum absolute atomic E-state index is 0.00392. The Balaban J connectivity index is 2.05. The lowest BCUT2D eigenvalue weighted by atomic mass is 10.1. The number of halogens is 2. The van der Waals surface area contributed by atoms with Crippen molar-refractivity contribution < 1.29 is 18.0 Å². The Bertz CT molecular complexity index is 1410. The molecule has 0 heterocycles. The molecule has 0 saturated carbocycles. The number of carbonyl (C=O) groups is 2. The van der Waals surface area contributed by atoms with E-state index >= 15 is 0 Å². The summed E-state index contributed by atoms with van der Waals surface area (Å²) >= 11 is 12.6. The Labute approximate surface area is 240 Å². The third-order valence-electron chi connectivity index (χ3n) is 6.25. The third-order valence-corrected chi connectivity index (χ3v) is 8.58. The lowest BCUT2D eigenvalue weighted by Crippen LogP contribution is -2.51. The van der Waals surface area contributed by atoms with Gasteiger partial charge in [-0.25, -0.2) is 8.42 Å². The van der Waals surface area contributed by atoms with Crippen molar-refractivity contribution in [3.05, 3.63) is 93.5 Å². The molecule has 0 fully saturated rings. The number of carbonyl (C=O) groups excluding carboxylic acids is 2. The van der Waals surface area contributed by atoms with E-state index in [-0.39, 0.29) is 33.1 Å². The van der Waals surface area contributed by atoms with E-state index in [2.05, 4.69) is 5.32 Å². The number of hydrogen-bond donors (Lipinski definition) is 1. The molecule has 0 saturated heterocycles. The maximum atomic E-state index is 13.9. The molecule has 1 N–H and O–H groups in total. The average Bonchev–Trinajstić information content (AvgIpc) is 2.91. The summed E-state index contributed by atoms with van der Waals surface area (Å²) in [4.78, 5) is 28.2. The van der Waals surface area contributed by atoms with E-state index in [0.717, 1.165) is 27.4 Å². The minimum atomic E-state index is -4.24. The molecular formula is C29H33Cl2N3O4S. The van der Waals surface area contributed by atoms with Crippen molar-refractivity contribution in [1.82, 2.24) is 10.2 Å². The van der Waals surface area contributed by atoms with Gasteiger partial charge in [0.2, 0.25) is 11.8 Å². The minimum Gasteiger partial charge on any atom is -0.354 e. The van der Waals surface area contributed by atoms with Gasteiger partial charge in [0.15, 0.2) is 0 Å². The van der Waals surface area contributed by atoms with Crippen molar-refractivity contribution >= 4 is 50.7 Å². The van der Waals surface area contributed by atoms with Crippen LogP contribution in [0.3, 0.4) is 0 Å². The number of anilines is 1. The monoisotopic (exact) mass is 589 g/mol. The SMILES string of the molecule is CCCNC(=O)[C@H](C)N(Cc1ccc(C)cc1)C(=O)CN(c1cc(Cl)ccc1Cl)S(=O)(=O)c1ccc(C)cc1. The molecule has 1 atom stereocenters. The molecule has 0 aliphatic heterocycles. The number of rotatable bonds is 11. The van der Waals surface area contributed by atoms with Gasteiger partial charge >= 0.3 is 0 Å². The number of nitrogens with one attached hydrogen (secondary N) is 1. The maximum Gasteiger partial charge on any atom is 0.264 e. The van der Waals surface area contributed by atoms with Gasteiger partial charge in [-0.3, -0.25) is 13.9 Å². The first-order valence-electron chi connectivity index (χ1n) is 12.6. The molecule has 208 valence electrons. The molecule has 0 aliphatic rings. The first-order valence-corrected chi connectivity index (χ1v) is 14.8. The van der Waals surface area contributed by atoms with Crippen LogP contribution in [0, 0.1) is 13.8 Å². The largest absolute Gasteiger partial charge is 0.354 e. The molecular weight excluding hydrogens is 557 g/mol. The van der Waals surface area contributed by atoms with E-state index < -0.39 is 28.5 Å². The van der Waals surface area contributed by atoms with Crippen LogP contribution >= 0.6 is 23.2 Å². The molecule has 10 heteroatoms. The molecule has 7 nitrogen and oxygen atoms in total. The van der Waals surface area contributed by atoms with Crippen LogP contribution in [0.15, 0.2) is 71.6 Å². The van der Waals surface area contributed by atoms with E-state index in [1.54, 1.807) is 19.1 Å². The van der Waals surface area contributed by atoms with Crippen LogP contribution in [0.5, 0.6) is 0 Å². The first kappa shape index (κ1) is 30.5. The molecule has 39 heavy (non-hydrogen) atoms. The second-order valence-corrected chi connectivity index (χ2v) is 12.1. The van der Waals surface area contributed by atoms with Crippen molar-refractivity contribution in [3.8, 4) is 0 Å². The Morgan fingerprint density at radius 1 is 0.923 bits per heavy atom. The third kappa shape index (κ3) is 7.75. The number of benzene rings is 3. The molecule has 3 aromatic rings. The smallest absolute Gasteiger partial charge is 0.264 e. The Morgan fingerprint density at radius 3 is 2.10 bits per heavy atom. The zero-order valence-electron chi connectivity index (χ0n) is 22.4. The molecule has 0 aromatic heterocycles. The second-order valence-electron chi connectivity index (χ2n) is 9.39. The average molecular weight is 591 g/mol. The number of amides is 2. The van der Waals surface area contributed by atoms with Crippen LogP contribution in [-0.4, -0.2) is 44.3 Å². The van der Waals surface area contributed by atoms with Crippen LogP contribution in [0.1, 0.15) is 37.0 Å².